The largest absolute Gasteiger partial charge is 0.393 e. The number of hydrogen-bond donors (Lipinski definition) is 1. The van der Waals surface area contributed by atoms with E-state index in [2.05, 4.69) is 27.7 Å². The molecule has 16 heavy (non-hydrogen) atoms. The number of aliphatic hydroxyl groups excluding tert-OH is 1. The summed E-state index contributed by atoms with van der Waals surface area (Å²) in [5.74, 6) is 1.64. The fourth-order valence-corrected chi connectivity index (χ4v) is 3.84. The summed E-state index contributed by atoms with van der Waals surface area (Å²) in [7, 11) is 0. The summed E-state index contributed by atoms with van der Waals surface area (Å²) in [6.07, 6.45) is 5.63. The van der Waals surface area contributed by atoms with Crippen LogP contribution in [0.5, 0.6) is 0 Å². The van der Waals surface area contributed by atoms with E-state index in [1.165, 1.54) is 24.8 Å². The molecular formula is C15H26O. The molecule has 3 atom stereocenters. The van der Waals surface area contributed by atoms with Gasteiger partial charge in [-0.2, -0.15) is 0 Å². The quantitative estimate of drug-likeness (QED) is 0.616. The molecule has 1 saturated carbocycles. The maximum Gasteiger partial charge on any atom is 0.0582 e. The molecule has 3 unspecified atom stereocenters. The van der Waals surface area contributed by atoms with Gasteiger partial charge in [0.25, 0.3) is 0 Å². The van der Waals surface area contributed by atoms with Gasteiger partial charge in [0.15, 0.2) is 0 Å². The van der Waals surface area contributed by atoms with Crippen molar-refractivity contribution in [3.05, 3.63) is 11.1 Å². The molecule has 2 aliphatic carbocycles. The highest BCUT2D eigenvalue weighted by molar-refractivity contribution is 5.22. The van der Waals surface area contributed by atoms with Gasteiger partial charge in [0.1, 0.15) is 0 Å². The highest BCUT2D eigenvalue weighted by Crippen LogP contribution is 2.48. The molecule has 2 aliphatic rings. The Balaban J connectivity index is 2.31. The third-order valence-electron chi connectivity index (χ3n) is 4.65. The van der Waals surface area contributed by atoms with Gasteiger partial charge < -0.3 is 5.11 Å². The standard InChI is InChI=1S/C15H26O/c1-10-5-6-13-11(2)7-12(16)8-15(3,4)9-14(10)13/h10,12,14,16H,5-9H2,1-4H3. The lowest BCUT2D eigenvalue weighted by Crippen LogP contribution is -2.27. The van der Waals surface area contributed by atoms with Crippen molar-refractivity contribution in [1.82, 2.24) is 0 Å². The minimum Gasteiger partial charge on any atom is -0.393 e. The van der Waals surface area contributed by atoms with E-state index in [9.17, 15) is 5.11 Å². The Bertz CT molecular complexity index is 301. The van der Waals surface area contributed by atoms with Crippen LogP contribution in [-0.4, -0.2) is 11.2 Å². The van der Waals surface area contributed by atoms with Gasteiger partial charge in [-0.1, -0.05) is 31.9 Å². The Hall–Kier alpha value is -0.300. The lowest BCUT2D eigenvalue weighted by atomic mass is 9.71. The average molecular weight is 222 g/mol. The fourth-order valence-electron chi connectivity index (χ4n) is 3.84. The molecule has 0 aromatic rings. The molecule has 0 aliphatic heterocycles. The normalized spacial score (nSPS) is 39.2. The van der Waals surface area contributed by atoms with Crippen LogP contribution in [0.3, 0.4) is 0 Å². The van der Waals surface area contributed by atoms with Crippen LogP contribution in [-0.2, 0) is 0 Å². The first-order valence-corrected chi connectivity index (χ1v) is 6.75. The second-order valence-electron chi connectivity index (χ2n) is 6.86. The number of allylic oxidation sites excluding steroid dienone is 1. The number of aliphatic hydroxyl groups is 1. The third kappa shape index (κ3) is 2.34. The predicted molar refractivity (Wildman–Crippen MR) is 68.2 cm³/mol. The first kappa shape index (κ1) is 12.2. The third-order valence-corrected chi connectivity index (χ3v) is 4.65. The summed E-state index contributed by atoms with van der Waals surface area (Å²) >= 11 is 0. The molecule has 1 heteroatoms. The van der Waals surface area contributed by atoms with Crippen molar-refractivity contribution >= 4 is 0 Å². The number of rotatable bonds is 0. The number of fused-ring (bicyclic) bond motifs is 1. The van der Waals surface area contributed by atoms with Gasteiger partial charge in [-0.05, 0) is 56.3 Å². The molecule has 0 aromatic carbocycles. The second-order valence-corrected chi connectivity index (χ2v) is 6.86. The van der Waals surface area contributed by atoms with Crippen LogP contribution < -0.4 is 0 Å². The van der Waals surface area contributed by atoms with Crippen molar-refractivity contribution in [2.45, 2.75) is 65.9 Å². The van der Waals surface area contributed by atoms with Crippen LogP contribution >= 0.6 is 0 Å². The molecule has 0 amide bonds. The zero-order chi connectivity index (χ0) is 11.9. The molecule has 1 fully saturated rings. The van der Waals surface area contributed by atoms with E-state index >= 15 is 0 Å². The summed E-state index contributed by atoms with van der Waals surface area (Å²) in [6.45, 7) is 9.28. The van der Waals surface area contributed by atoms with Crippen molar-refractivity contribution in [2.24, 2.45) is 17.3 Å². The highest BCUT2D eigenvalue weighted by Gasteiger charge is 2.37. The van der Waals surface area contributed by atoms with Gasteiger partial charge in [0.05, 0.1) is 6.10 Å². The van der Waals surface area contributed by atoms with Gasteiger partial charge in [-0.25, -0.2) is 0 Å². The van der Waals surface area contributed by atoms with Crippen molar-refractivity contribution in [2.75, 3.05) is 0 Å². The van der Waals surface area contributed by atoms with Crippen molar-refractivity contribution in [1.29, 1.82) is 0 Å². The smallest absolute Gasteiger partial charge is 0.0582 e. The second kappa shape index (κ2) is 4.18. The van der Waals surface area contributed by atoms with Crippen LogP contribution in [0, 0.1) is 17.3 Å². The predicted octanol–water partition coefficient (Wildman–Crippen LogP) is 3.92. The van der Waals surface area contributed by atoms with E-state index in [1.54, 1.807) is 5.57 Å². The molecule has 1 nitrogen and oxygen atoms in total. The molecule has 1 N–H and O–H groups in total. The van der Waals surface area contributed by atoms with E-state index in [4.69, 9.17) is 0 Å². The summed E-state index contributed by atoms with van der Waals surface area (Å²) in [6, 6.07) is 0. The van der Waals surface area contributed by atoms with Crippen LogP contribution in [0.15, 0.2) is 11.1 Å². The van der Waals surface area contributed by atoms with Gasteiger partial charge in [-0.15, -0.1) is 0 Å². The molecule has 0 radical (unpaired) electrons. The van der Waals surface area contributed by atoms with Crippen molar-refractivity contribution in [3.63, 3.8) is 0 Å². The van der Waals surface area contributed by atoms with E-state index in [-0.39, 0.29) is 6.10 Å². The van der Waals surface area contributed by atoms with Gasteiger partial charge in [0.2, 0.25) is 0 Å². The van der Waals surface area contributed by atoms with Gasteiger partial charge >= 0.3 is 0 Å². The van der Waals surface area contributed by atoms with E-state index in [1.807, 2.05) is 0 Å². The van der Waals surface area contributed by atoms with Crippen LogP contribution in [0.1, 0.15) is 59.8 Å². The van der Waals surface area contributed by atoms with Crippen molar-refractivity contribution < 1.29 is 5.11 Å². The van der Waals surface area contributed by atoms with Crippen LogP contribution in [0.25, 0.3) is 0 Å². The lowest BCUT2D eigenvalue weighted by Gasteiger charge is -2.35. The lowest BCUT2D eigenvalue weighted by molar-refractivity contribution is 0.0936. The van der Waals surface area contributed by atoms with E-state index < -0.39 is 0 Å². The Kier molecular flexibility index (Phi) is 3.18. The van der Waals surface area contributed by atoms with Crippen LogP contribution in [0.4, 0.5) is 0 Å². The first-order chi connectivity index (χ1) is 7.39. The topological polar surface area (TPSA) is 20.2 Å². The Morgan fingerprint density at radius 1 is 1.25 bits per heavy atom. The maximum absolute atomic E-state index is 10.1. The SMILES string of the molecule is CC1=C2CCC(C)C2CC(C)(C)CC(O)C1. The zero-order valence-electron chi connectivity index (χ0n) is 11.2. The molecule has 0 heterocycles. The Labute approximate surface area is 99.9 Å². The zero-order valence-corrected chi connectivity index (χ0v) is 11.2. The summed E-state index contributed by atoms with van der Waals surface area (Å²) < 4.78 is 0. The summed E-state index contributed by atoms with van der Waals surface area (Å²) in [4.78, 5) is 0. The number of hydrogen-bond acceptors (Lipinski definition) is 1. The summed E-state index contributed by atoms with van der Waals surface area (Å²) in [5, 5.41) is 10.1. The monoisotopic (exact) mass is 222 g/mol. The minimum atomic E-state index is -0.126. The molecule has 0 spiro atoms. The summed E-state index contributed by atoms with van der Waals surface area (Å²) in [5.41, 5.74) is 3.46. The average Bonchev–Trinajstić information content (AvgIpc) is 2.44. The highest BCUT2D eigenvalue weighted by atomic mass is 16.3. The molecule has 2 rings (SSSR count). The molecule has 0 saturated heterocycles. The van der Waals surface area contributed by atoms with Gasteiger partial charge in [-0.3, -0.25) is 0 Å². The van der Waals surface area contributed by atoms with Crippen LogP contribution in [0.2, 0.25) is 0 Å². The molecule has 0 bridgehead atoms. The Morgan fingerprint density at radius 3 is 2.62 bits per heavy atom. The molecule has 0 aromatic heterocycles. The fraction of sp³-hybridized carbons (Fsp3) is 0.867. The maximum atomic E-state index is 10.1. The molecular weight excluding hydrogens is 196 g/mol. The van der Waals surface area contributed by atoms with E-state index in [0.717, 1.165) is 24.7 Å². The van der Waals surface area contributed by atoms with E-state index in [0.29, 0.717) is 5.41 Å². The van der Waals surface area contributed by atoms with Gasteiger partial charge in [0, 0.05) is 0 Å². The minimum absolute atomic E-state index is 0.126. The van der Waals surface area contributed by atoms with Crippen molar-refractivity contribution in [3.8, 4) is 0 Å². The Morgan fingerprint density at radius 2 is 1.94 bits per heavy atom. The molecule has 92 valence electrons. The first-order valence-electron chi connectivity index (χ1n) is 6.75.